The Bertz CT molecular complexity index is 313. The van der Waals surface area contributed by atoms with Gasteiger partial charge in [0, 0.05) is 19.1 Å². The molecule has 3 fully saturated rings. The van der Waals surface area contributed by atoms with Gasteiger partial charge in [0.25, 0.3) is 5.91 Å². The van der Waals surface area contributed by atoms with Crippen molar-refractivity contribution in [1.29, 1.82) is 0 Å². The lowest BCUT2D eigenvalue weighted by atomic mass is 10.00. The number of rotatable bonds is 1. The van der Waals surface area contributed by atoms with Crippen LogP contribution in [0, 0.1) is 0 Å². The van der Waals surface area contributed by atoms with Gasteiger partial charge in [-0.25, -0.2) is 4.79 Å². The highest BCUT2D eigenvalue weighted by Crippen LogP contribution is 2.34. The third-order valence-electron chi connectivity index (χ3n) is 3.38. The molecule has 1 saturated carbocycles. The van der Waals surface area contributed by atoms with Crippen LogP contribution in [0.15, 0.2) is 0 Å². The van der Waals surface area contributed by atoms with E-state index in [-0.39, 0.29) is 11.9 Å². The van der Waals surface area contributed by atoms with Gasteiger partial charge in [0.1, 0.15) is 5.54 Å². The molecule has 0 aromatic rings. The second kappa shape index (κ2) is 2.48. The SMILES string of the molecule is O=C1NC(=O)C2(CCN(C3CC3)C2)N1. The fourth-order valence-electron chi connectivity index (χ4n) is 2.41. The highest BCUT2D eigenvalue weighted by atomic mass is 16.2. The first kappa shape index (κ1) is 8.23. The van der Waals surface area contributed by atoms with E-state index in [2.05, 4.69) is 15.5 Å². The van der Waals surface area contributed by atoms with Crippen LogP contribution >= 0.6 is 0 Å². The Balaban J connectivity index is 1.78. The number of nitrogens with one attached hydrogen (secondary N) is 2. The van der Waals surface area contributed by atoms with Crippen LogP contribution in [0.3, 0.4) is 0 Å². The molecular weight excluding hydrogens is 182 g/mol. The van der Waals surface area contributed by atoms with Crippen LogP contribution in [0.1, 0.15) is 19.3 Å². The van der Waals surface area contributed by atoms with Crippen LogP contribution in [-0.2, 0) is 4.79 Å². The lowest BCUT2D eigenvalue weighted by Crippen LogP contribution is -2.49. The first-order valence-corrected chi connectivity index (χ1v) is 5.07. The highest BCUT2D eigenvalue weighted by molar-refractivity contribution is 6.07. The Labute approximate surface area is 81.8 Å². The van der Waals surface area contributed by atoms with Crippen LogP contribution in [0.2, 0.25) is 0 Å². The number of carbonyl (C=O) groups is 2. The molecule has 0 aromatic carbocycles. The number of carbonyl (C=O) groups excluding carboxylic acids is 2. The Kier molecular flexibility index (Phi) is 1.45. The number of urea groups is 1. The van der Waals surface area contributed by atoms with Crippen LogP contribution in [0.4, 0.5) is 4.79 Å². The molecule has 2 N–H and O–H groups in total. The summed E-state index contributed by atoms with van der Waals surface area (Å²) < 4.78 is 0. The van der Waals surface area contributed by atoms with Crippen molar-refractivity contribution in [3.8, 4) is 0 Å². The van der Waals surface area contributed by atoms with Gasteiger partial charge in [0.05, 0.1) is 0 Å². The van der Waals surface area contributed by atoms with Crippen LogP contribution in [0.25, 0.3) is 0 Å². The molecule has 1 atom stereocenters. The Morgan fingerprint density at radius 2 is 2.14 bits per heavy atom. The van der Waals surface area contributed by atoms with Crippen LogP contribution < -0.4 is 10.6 Å². The average Bonchev–Trinajstić information content (AvgIpc) is 2.83. The summed E-state index contributed by atoms with van der Waals surface area (Å²) in [6.45, 7) is 1.62. The fourth-order valence-corrected chi connectivity index (χ4v) is 2.41. The number of nitrogens with zero attached hydrogens (tertiary/aromatic N) is 1. The molecule has 1 unspecified atom stereocenters. The second-order valence-electron chi connectivity index (χ2n) is 4.44. The summed E-state index contributed by atoms with van der Waals surface area (Å²) in [7, 11) is 0. The largest absolute Gasteiger partial charge is 0.322 e. The summed E-state index contributed by atoms with van der Waals surface area (Å²) in [6.07, 6.45) is 3.23. The summed E-state index contributed by atoms with van der Waals surface area (Å²) in [5.74, 6) is -0.148. The zero-order chi connectivity index (χ0) is 9.76. The minimum absolute atomic E-state index is 0.148. The molecule has 0 bridgehead atoms. The monoisotopic (exact) mass is 195 g/mol. The van der Waals surface area contributed by atoms with Crippen molar-refractivity contribution in [3.63, 3.8) is 0 Å². The molecule has 1 spiro atoms. The van der Waals surface area contributed by atoms with E-state index in [0.717, 1.165) is 13.0 Å². The molecule has 5 heteroatoms. The topological polar surface area (TPSA) is 61.4 Å². The van der Waals surface area contributed by atoms with Crippen molar-refractivity contribution >= 4 is 11.9 Å². The van der Waals surface area contributed by atoms with E-state index in [1.807, 2.05) is 0 Å². The van der Waals surface area contributed by atoms with E-state index >= 15 is 0 Å². The lowest BCUT2D eigenvalue weighted by Gasteiger charge is -2.20. The van der Waals surface area contributed by atoms with E-state index in [0.29, 0.717) is 12.6 Å². The molecule has 1 aliphatic carbocycles. The van der Waals surface area contributed by atoms with Gasteiger partial charge in [-0.15, -0.1) is 0 Å². The standard InChI is InChI=1S/C9H13N3O2/c13-7-9(11-8(14)10-7)3-4-12(5-9)6-1-2-6/h6H,1-5H2,(H2,10,11,13,14). The molecule has 76 valence electrons. The molecule has 2 saturated heterocycles. The van der Waals surface area contributed by atoms with Crippen molar-refractivity contribution in [2.24, 2.45) is 0 Å². The summed E-state index contributed by atoms with van der Waals surface area (Å²) in [5, 5.41) is 5.06. The molecule has 3 rings (SSSR count). The van der Waals surface area contributed by atoms with Crippen LogP contribution in [-0.4, -0.2) is 41.5 Å². The molecule has 5 nitrogen and oxygen atoms in total. The molecule has 0 aromatic heterocycles. The van der Waals surface area contributed by atoms with E-state index in [9.17, 15) is 9.59 Å². The predicted octanol–water partition coefficient (Wildman–Crippen LogP) is -0.567. The van der Waals surface area contributed by atoms with E-state index in [1.54, 1.807) is 0 Å². The third kappa shape index (κ3) is 1.05. The van der Waals surface area contributed by atoms with Gasteiger partial charge in [-0.3, -0.25) is 15.0 Å². The van der Waals surface area contributed by atoms with Crippen molar-refractivity contribution in [3.05, 3.63) is 0 Å². The zero-order valence-electron chi connectivity index (χ0n) is 7.88. The smallest absolute Gasteiger partial charge is 0.322 e. The summed E-state index contributed by atoms with van der Waals surface area (Å²) in [5.41, 5.74) is -0.611. The maximum Gasteiger partial charge on any atom is 0.322 e. The van der Waals surface area contributed by atoms with Crippen LogP contribution in [0.5, 0.6) is 0 Å². The van der Waals surface area contributed by atoms with Gasteiger partial charge < -0.3 is 5.32 Å². The quantitative estimate of drug-likeness (QED) is 0.551. The van der Waals surface area contributed by atoms with Crippen molar-refractivity contribution in [2.45, 2.75) is 30.8 Å². The molecule has 14 heavy (non-hydrogen) atoms. The highest BCUT2D eigenvalue weighted by Gasteiger charge is 2.52. The minimum atomic E-state index is -0.611. The van der Waals surface area contributed by atoms with Crippen molar-refractivity contribution in [1.82, 2.24) is 15.5 Å². The zero-order valence-corrected chi connectivity index (χ0v) is 7.88. The number of likely N-dealkylation sites (tertiary alicyclic amines) is 1. The lowest BCUT2D eigenvalue weighted by molar-refractivity contribution is -0.123. The number of hydrogen-bond donors (Lipinski definition) is 2. The maximum absolute atomic E-state index is 11.6. The molecule has 3 amide bonds. The number of hydrogen-bond acceptors (Lipinski definition) is 3. The third-order valence-corrected chi connectivity index (χ3v) is 3.38. The van der Waals surface area contributed by atoms with Gasteiger partial charge in [-0.2, -0.15) is 0 Å². The summed E-state index contributed by atoms with van der Waals surface area (Å²) in [6, 6.07) is 0.326. The summed E-state index contributed by atoms with van der Waals surface area (Å²) >= 11 is 0. The maximum atomic E-state index is 11.6. The fraction of sp³-hybridized carbons (Fsp3) is 0.778. The molecule has 3 aliphatic rings. The summed E-state index contributed by atoms with van der Waals surface area (Å²) in [4.78, 5) is 24.9. The normalized spacial score (nSPS) is 37.7. The molecule has 0 radical (unpaired) electrons. The Hall–Kier alpha value is -1.10. The predicted molar refractivity (Wildman–Crippen MR) is 48.6 cm³/mol. The van der Waals surface area contributed by atoms with Gasteiger partial charge >= 0.3 is 6.03 Å². The first-order valence-electron chi connectivity index (χ1n) is 5.07. The average molecular weight is 195 g/mol. The Morgan fingerprint density at radius 1 is 1.36 bits per heavy atom. The van der Waals surface area contributed by atoms with E-state index in [1.165, 1.54) is 12.8 Å². The van der Waals surface area contributed by atoms with Crippen molar-refractivity contribution < 1.29 is 9.59 Å². The van der Waals surface area contributed by atoms with Gasteiger partial charge in [-0.05, 0) is 19.3 Å². The van der Waals surface area contributed by atoms with E-state index < -0.39 is 5.54 Å². The number of imide groups is 1. The Morgan fingerprint density at radius 3 is 2.71 bits per heavy atom. The molecular formula is C9H13N3O2. The number of amides is 3. The first-order chi connectivity index (χ1) is 6.70. The van der Waals surface area contributed by atoms with Gasteiger partial charge in [-0.1, -0.05) is 0 Å². The molecule has 2 heterocycles. The van der Waals surface area contributed by atoms with E-state index in [4.69, 9.17) is 0 Å². The van der Waals surface area contributed by atoms with Crippen molar-refractivity contribution in [2.75, 3.05) is 13.1 Å². The second-order valence-corrected chi connectivity index (χ2v) is 4.44. The minimum Gasteiger partial charge on any atom is -0.322 e. The molecule has 2 aliphatic heterocycles. The van der Waals surface area contributed by atoms with Gasteiger partial charge in [0.2, 0.25) is 0 Å². The van der Waals surface area contributed by atoms with Gasteiger partial charge in [0.15, 0.2) is 0 Å².